The predicted octanol–water partition coefficient (Wildman–Crippen LogP) is 3.35. The summed E-state index contributed by atoms with van der Waals surface area (Å²) in [5.41, 5.74) is 0.263. The van der Waals surface area contributed by atoms with Crippen molar-refractivity contribution in [2.45, 2.75) is 37.0 Å². The minimum absolute atomic E-state index is 0.0431. The lowest BCUT2D eigenvalue weighted by molar-refractivity contribution is 0.280. The predicted molar refractivity (Wildman–Crippen MR) is 57.9 cm³/mol. The Morgan fingerprint density at radius 3 is 2.27 bits per heavy atom. The van der Waals surface area contributed by atoms with Crippen LogP contribution in [0.25, 0.3) is 0 Å². The van der Waals surface area contributed by atoms with Crippen molar-refractivity contribution in [3.8, 4) is 0 Å². The topological polar surface area (TPSA) is 20.2 Å². The van der Waals surface area contributed by atoms with Gasteiger partial charge in [0.25, 0.3) is 0 Å². The number of thioether (sulfide) groups is 1. The van der Waals surface area contributed by atoms with Gasteiger partial charge in [-0.1, -0.05) is 13.8 Å². The van der Waals surface area contributed by atoms with E-state index in [4.69, 9.17) is 5.11 Å². The van der Waals surface area contributed by atoms with Gasteiger partial charge in [-0.05, 0) is 24.1 Å². The molecule has 0 saturated carbocycles. The molecule has 15 heavy (non-hydrogen) atoms. The second-order valence-electron chi connectivity index (χ2n) is 3.38. The molecule has 1 rings (SSSR count). The zero-order chi connectivity index (χ0) is 11.4. The number of aliphatic hydroxyl groups is 1. The monoisotopic (exact) mass is 232 g/mol. The summed E-state index contributed by atoms with van der Waals surface area (Å²) in [4.78, 5) is 0.0431. The number of hydrogen-bond acceptors (Lipinski definition) is 2. The van der Waals surface area contributed by atoms with Crippen LogP contribution in [0.1, 0.15) is 25.8 Å². The number of rotatable bonds is 4. The Bertz CT molecular complexity index is 318. The van der Waals surface area contributed by atoms with Gasteiger partial charge in [0.15, 0.2) is 0 Å². The number of halogens is 2. The van der Waals surface area contributed by atoms with Crippen LogP contribution in [0.2, 0.25) is 0 Å². The van der Waals surface area contributed by atoms with Gasteiger partial charge in [-0.15, -0.1) is 11.8 Å². The first-order chi connectivity index (χ1) is 7.08. The molecule has 0 bridgehead atoms. The average Bonchev–Trinajstić information content (AvgIpc) is 2.22. The minimum atomic E-state index is -0.593. The Hall–Kier alpha value is -0.610. The zero-order valence-electron chi connectivity index (χ0n) is 8.76. The standard InChI is InChI=1S/C11H14F2OS/c1-3-7(2)15-11-9(12)4-8(6-14)5-10(11)13/h4-5,7,14H,3,6H2,1-2H3. The van der Waals surface area contributed by atoms with Crippen LogP contribution in [0.3, 0.4) is 0 Å². The quantitative estimate of drug-likeness (QED) is 0.803. The van der Waals surface area contributed by atoms with Crippen molar-refractivity contribution in [1.29, 1.82) is 0 Å². The van der Waals surface area contributed by atoms with Crippen molar-refractivity contribution >= 4 is 11.8 Å². The van der Waals surface area contributed by atoms with Crippen LogP contribution in [-0.4, -0.2) is 10.4 Å². The fourth-order valence-corrected chi connectivity index (χ4v) is 2.01. The van der Waals surface area contributed by atoms with Crippen LogP contribution >= 0.6 is 11.8 Å². The van der Waals surface area contributed by atoms with E-state index in [0.29, 0.717) is 0 Å². The number of hydrogen-bond donors (Lipinski definition) is 1. The maximum atomic E-state index is 13.4. The molecular formula is C11H14F2OS. The van der Waals surface area contributed by atoms with Gasteiger partial charge in [0, 0.05) is 5.25 Å². The number of benzene rings is 1. The van der Waals surface area contributed by atoms with Crippen molar-refractivity contribution < 1.29 is 13.9 Å². The van der Waals surface area contributed by atoms with Crippen LogP contribution in [0.4, 0.5) is 8.78 Å². The van der Waals surface area contributed by atoms with Crippen LogP contribution in [0.5, 0.6) is 0 Å². The molecule has 0 aliphatic carbocycles. The van der Waals surface area contributed by atoms with Crippen molar-refractivity contribution in [3.63, 3.8) is 0 Å². The van der Waals surface area contributed by atoms with E-state index in [2.05, 4.69) is 0 Å². The first-order valence-electron chi connectivity index (χ1n) is 4.83. The van der Waals surface area contributed by atoms with Crippen molar-refractivity contribution in [2.24, 2.45) is 0 Å². The smallest absolute Gasteiger partial charge is 0.140 e. The first kappa shape index (κ1) is 12.5. The fraction of sp³-hybridized carbons (Fsp3) is 0.455. The van der Waals surface area contributed by atoms with E-state index in [1.165, 1.54) is 23.9 Å². The van der Waals surface area contributed by atoms with Gasteiger partial charge in [-0.25, -0.2) is 8.78 Å². The highest BCUT2D eigenvalue weighted by molar-refractivity contribution is 8.00. The summed E-state index contributed by atoms with van der Waals surface area (Å²) >= 11 is 1.18. The molecule has 0 spiro atoms. The Balaban J connectivity index is 2.98. The highest BCUT2D eigenvalue weighted by Gasteiger charge is 2.13. The molecule has 84 valence electrons. The van der Waals surface area contributed by atoms with E-state index in [-0.39, 0.29) is 22.3 Å². The lowest BCUT2D eigenvalue weighted by Gasteiger charge is -2.10. The molecule has 0 aromatic heterocycles. The first-order valence-corrected chi connectivity index (χ1v) is 5.71. The van der Waals surface area contributed by atoms with E-state index in [1.807, 2.05) is 13.8 Å². The molecule has 1 atom stereocenters. The normalized spacial score (nSPS) is 12.9. The Kier molecular flexibility index (Phi) is 4.54. The molecule has 0 aliphatic heterocycles. The van der Waals surface area contributed by atoms with Gasteiger partial charge >= 0.3 is 0 Å². The highest BCUT2D eigenvalue weighted by atomic mass is 32.2. The molecule has 1 unspecified atom stereocenters. The van der Waals surface area contributed by atoms with Crippen LogP contribution in [0.15, 0.2) is 17.0 Å². The van der Waals surface area contributed by atoms with Gasteiger partial charge in [0.05, 0.1) is 11.5 Å². The van der Waals surface area contributed by atoms with E-state index >= 15 is 0 Å². The van der Waals surface area contributed by atoms with Crippen LogP contribution < -0.4 is 0 Å². The largest absolute Gasteiger partial charge is 0.392 e. The molecule has 1 nitrogen and oxygen atoms in total. The molecule has 1 aromatic carbocycles. The van der Waals surface area contributed by atoms with E-state index in [1.54, 1.807) is 0 Å². The van der Waals surface area contributed by atoms with Gasteiger partial charge in [-0.3, -0.25) is 0 Å². The summed E-state index contributed by atoms with van der Waals surface area (Å²) in [5.74, 6) is -1.19. The molecule has 0 fully saturated rings. The summed E-state index contributed by atoms with van der Waals surface area (Å²) in [6, 6.07) is 2.35. The lowest BCUT2D eigenvalue weighted by Crippen LogP contribution is -1.98. The Labute approximate surface area is 92.5 Å². The third-order valence-electron chi connectivity index (χ3n) is 2.13. The minimum Gasteiger partial charge on any atom is -0.392 e. The lowest BCUT2D eigenvalue weighted by atomic mass is 10.2. The molecule has 4 heteroatoms. The summed E-state index contributed by atoms with van der Waals surface area (Å²) in [5, 5.41) is 8.94. The van der Waals surface area contributed by atoms with Crippen LogP contribution in [-0.2, 0) is 6.61 Å². The molecule has 1 N–H and O–H groups in total. The highest BCUT2D eigenvalue weighted by Crippen LogP contribution is 2.30. The summed E-state index contributed by atoms with van der Waals surface area (Å²) in [6.07, 6.45) is 0.852. The van der Waals surface area contributed by atoms with Crippen molar-refractivity contribution in [2.75, 3.05) is 0 Å². The molecule has 0 aliphatic rings. The maximum absolute atomic E-state index is 13.4. The summed E-state index contributed by atoms with van der Waals surface area (Å²) in [6.45, 7) is 3.54. The van der Waals surface area contributed by atoms with E-state index in [0.717, 1.165) is 6.42 Å². The van der Waals surface area contributed by atoms with E-state index in [9.17, 15) is 8.78 Å². The summed E-state index contributed by atoms with van der Waals surface area (Å²) in [7, 11) is 0. The fourth-order valence-electron chi connectivity index (χ4n) is 1.10. The Morgan fingerprint density at radius 2 is 1.87 bits per heavy atom. The third kappa shape index (κ3) is 3.18. The van der Waals surface area contributed by atoms with Gasteiger partial charge in [0.2, 0.25) is 0 Å². The van der Waals surface area contributed by atoms with Gasteiger partial charge < -0.3 is 5.11 Å². The van der Waals surface area contributed by atoms with E-state index < -0.39 is 11.6 Å². The summed E-state index contributed by atoms with van der Waals surface area (Å²) < 4.78 is 26.8. The van der Waals surface area contributed by atoms with Gasteiger partial charge in [0.1, 0.15) is 11.6 Å². The van der Waals surface area contributed by atoms with Crippen LogP contribution in [0, 0.1) is 11.6 Å². The second-order valence-corrected chi connectivity index (χ2v) is 4.83. The van der Waals surface area contributed by atoms with Crippen molar-refractivity contribution in [3.05, 3.63) is 29.3 Å². The Morgan fingerprint density at radius 1 is 1.33 bits per heavy atom. The van der Waals surface area contributed by atoms with Gasteiger partial charge in [-0.2, -0.15) is 0 Å². The molecule has 0 heterocycles. The SMILES string of the molecule is CCC(C)Sc1c(F)cc(CO)cc1F. The molecule has 0 amide bonds. The maximum Gasteiger partial charge on any atom is 0.140 e. The molecule has 1 aromatic rings. The molecule has 0 radical (unpaired) electrons. The number of aliphatic hydroxyl groups excluding tert-OH is 1. The third-order valence-corrected chi connectivity index (χ3v) is 3.50. The molecule has 0 saturated heterocycles. The zero-order valence-corrected chi connectivity index (χ0v) is 9.57. The second kappa shape index (κ2) is 5.47. The molecular weight excluding hydrogens is 218 g/mol. The average molecular weight is 232 g/mol. The van der Waals surface area contributed by atoms with Crippen molar-refractivity contribution in [1.82, 2.24) is 0 Å².